The van der Waals surface area contributed by atoms with E-state index >= 15 is 0 Å². The van der Waals surface area contributed by atoms with Crippen LogP contribution in [0.5, 0.6) is 0 Å². The molecule has 2 aliphatic carbocycles. The molecule has 4 rings (SSSR count). The van der Waals surface area contributed by atoms with Gasteiger partial charge >= 0.3 is 6.18 Å². The maximum atomic E-state index is 14.4. The van der Waals surface area contributed by atoms with Gasteiger partial charge in [-0.15, -0.1) is 0 Å². The highest BCUT2D eigenvalue weighted by atomic mass is 32.2. The van der Waals surface area contributed by atoms with Crippen molar-refractivity contribution in [2.24, 2.45) is 11.8 Å². The molecule has 0 spiro atoms. The largest absolute Gasteiger partial charge is 0.402 e. The SMILES string of the molecule is CC1C=C(S(=O)(=O)NCC(F)(F)F)CCC1N1CCC2NC(C3=C(F)CCCC3F)CC2C1. The van der Waals surface area contributed by atoms with Crippen molar-refractivity contribution in [3.63, 3.8) is 0 Å². The molecule has 0 radical (unpaired) electrons. The molecule has 2 saturated heterocycles. The van der Waals surface area contributed by atoms with Crippen LogP contribution in [0.25, 0.3) is 0 Å². The molecule has 0 aromatic rings. The predicted molar refractivity (Wildman–Crippen MR) is 115 cm³/mol. The van der Waals surface area contributed by atoms with E-state index < -0.39 is 28.9 Å². The van der Waals surface area contributed by atoms with Gasteiger partial charge < -0.3 is 5.32 Å². The monoisotopic (exact) mass is 497 g/mol. The number of fused-ring (bicyclic) bond motifs is 1. The zero-order valence-corrected chi connectivity index (χ0v) is 19.5. The number of rotatable bonds is 5. The number of nitrogens with one attached hydrogen (secondary N) is 2. The molecule has 6 unspecified atom stereocenters. The summed E-state index contributed by atoms with van der Waals surface area (Å²) in [4.78, 5) is 2.33. The van der Waals surface area contributed by atoms with Crippen molar-refractivity contribution in [1.82, 2.24) is 14.9 Å². The third kappa shape index (κ3) is 5.62. The third-order valence-electron chi connectivity index (χ3n) is 7.62. The molecule has 33 heavy (non-hydrogen) atoms. The van der Waals surface area contributed by atoms with Crippen molar-refractivity contribution in [3.05, 3.63) is 22.4 Å². The Kier molecular flexibility index (Phi) is 7.25. The molecule has 11 heteroatoms. The minimum atomic E-state index is -4.60. The fourth-order valence-corrected chi connectivity index (χ4v) is 7.35. The molecule has 5 nitrogen and oxygen atoms in total. The van der Waals surface area contributed by atoms with Gasteiger partial charge in [0, 0.05) is 30.2 Å². The van der Waals surface area contributed by atoms with E-state index in [1.165, 1.54) is 0 Å². The lowest BCUT2D eigenvalue weighted by molar-refractivity contribution is -0.121. The standard InChI is InChI=1S/C22H32F5N3O2S/c1-13-9-15(33(31,32)28-12-22(25,26)27)5-6-20(13)30-8-7-18-14(11-30)10-19(29-18)21-16(23)3-2-4-17(21)24/h9,13-14,16,18-20,28-29H,2-8,10-12H2,1H3. The van der Waals surface area contributed by atoms with Crippen LogP contribution in [0.15, 0.2) is 22.4 Å². The van der Waals surface area contributed by atoms with Crippen LogP contribution in [-0.2, 0) is 10.0 Å². The van der Waals surface area contributed by atoms with Gasteiger partial charge in [0.05, 0.1) is 4.91 Å². The Bertz CT molecular complexity index is 904. The molecule has 2 fully saturated rings. The summed E-state index contributed by atoms with van der Waals surface area (Å²) in [5, 5.41) is 3.46. The van der Waals surface area contributed by atoms with E-state index in [9.17, 15) is 30.4 Å². The molecular formula is C22H32F5N3O2S. The Hall–Kier alpha value is -1.04. The Labute approximate surface area is 191 Å². The molecule has 0 aromatic carbocycles. The summed E-state index contributed by atoms with van der Waals surface area (Å²) in [6.45, 7) is 1.86. The Morgan fingerprint density at radius 1 is 1.21 bits per heavy atom. The first kappa shape index (κ1) is 25.1. The molecule has 0 amide bonds. The Balaban J connectivity index is 1.38. The van der Waals surface area contributed by atoms with Crippen LogP contribution in [-0.4, -0.2) is 63.4 Å². The molecular weight excluding hydrogens is 465 g/mol. The summed E-state index contributed by atoms with van der Waals surface area (Å²) < 4.78 is 92.3. The number of likely N-dealkylation sites (tertiary alicyclic amines) is 1. The first-order valence-corrected chi connectivity index (χ1v) is 13.2. The number of hydrogen-bond acceptors (Lipinski definition) is 4. The highest BCUT2D eigenvalue weighted by Crippen LogP contribution is 2.39. The number of hydrogen-bond donors (Lipinski definition) is 2. The minimum Gasteiger partial charge on any atom is -0.307 e. The summed E-state index contributed by atoms with van der Waals surface area (Å²) in [5.74, 6) is -0.180. The third-order valence-corrected chi connectivity index (χ3v) is 9.17. The zero-order valence-electron chi connectivity index (χ0n) is 18.7. The van der Waals surface area contributed by atoms with Crippen molar-refractivity contribution >= 4 is 10.0 Å². The lowest BCUT2D eigenvalue weighted by Gasteiger charge is -2.43. The van der Waals surface area contributed by atoms with Crippen LogP contribution in [0, 0.1) is 11.8 Å². The second-order valence-electron chi connectivity index (χ2n) is 9.86. The van der Waals surface area contributed by atoms with E-state index in [4.69, 9.17) is 0 Å². The lowest BCUT2D eigenvalue weighted by atomic mass is 9.84. The van der Waals surface area contributed by atoms with E-state index in [0.29, 0.717) is 37.7 Å². The van der Waals surface area contributed by atoms with Crippen LogP contribution in [0.2, 0.25) is 0 Å². The minimum absolute atomic E-state index is 0.0154. The maximum Gasteiger partial charge on any atom is 0.402 e. The zero-order chi connectivity index (χ0) is 24.0. The van der Waals surface area contributed by atoms with E-state index in [1.54, 1.807) is 10.8 Å². The maximum absolute atomic E-state index is 14.4. The number of sulfonamides is 1. The van der Waals surface area contributed by atoms with Crippen molar-refractivity contribution in [1.29, 1.82) is 0 Å². The highest BCUT2D eigenvalue weighted by Gasteiger charge is 2.44. The van der Waals surface area contributed by atoms with Gasteiger partial charge in [-0.25, -0.2) is 21.9 Å². The van der Waals surface area contributed by atoms with Crippen LogP contribution in [0.3, 0.4) is 0 Å². The van der Waals surface area contributed by atoms with Gasteiger partial charge in [0.25, 0.3) is 0 Å². The molecule has 6 atom stereocenters. The van der Waals surface area contributed by atoms with Gasteiger partial charge in [-0.2, -0.15) is 13.2 Å². The van der Waals surface area contributed by atoms with Crippen LogP contribution < -0.4 is 10.0 Å². The van der Waals surface area contributed by atoms with Crippen LogP contribution >= 0.6 is 0 Å². The summed E-state index contributed by atoms with van der Waals surface area (Å²) in [5.41, 5.74) is 0.303. The van der Waals surface area contributed by atoms with E-state index in [1.807, 2.05) is 6.92 Å². The van der Waals surface area contributed by atoms with Gasteiger partial charge in [0.1, 0.15) is 18.5 Å². The Morgan fingerprint density at radius 3 is 2.64 bits per heavy atom. The van der Waals surface area contributed by atoms with E-state index in [-0.39, 0.29) is 47.1 Å². The van der Waals surface area contributed by atoms with E-state index in [0.717, 1.165) is 19.5 Å². The normalized spacial score (nSPS) is 36.6. The van der Waals surface area contributed by atoms with Gasteiger partial charge in [-0.1, -0.05) is 13.0 Å². The number of nitrogens with zero attached hydrogens (tertiary/aromatic N) is 1. The molecule has 0 saturated carbocycles. The van der Waals surface area contributed by atoms with Gasteiger partial charge in [0.15, 0.2) is 0 Å². The number of alkyl halides is 4. The summed E-state index contributed by atoms with van der Waals surface area (Å²) in [6, 6.07) is 0.0270. The summed E-state index contributed by atoms with van der Waals surface area (Å²) in [7, 11) is -4.16. The highest BCUT2D eigenvalue weighted by molar-refractivity contribution is 7.93. The first-order chi connectivity index (χ1) is 15.4. The van der Waals surface area contributed by atoms with Crippen molar-refractivity contribution < 1.29 is 30.4 Å². The number of piperidine rings is 1. The van der Waals surface area contributed by atoms with Crippen molar-refractivity contribution in [3.8, 4) is 0 Å². The second kappa shape index (κ2) is 9.54. The molecule has 2 N–H and O–H groups in total. The summed E-state index contributed by atoms with van der Waals surface area (Å²) >= 11 is 0. The van der Waals surface area contributed by atoms with Crippen molar-refractivity contribution in [2.45, 2.75) is 82.3 Å². The molecule has 0 aromatic heterocycles. The fraction of sp³-hybridized carbons (Fsp3) is 0.818. The number of halogens is 5. The topological polar surface area (TPSA) is 61.4 Å². The van der Waals surface area contributed by atoms with Crippen LogP contribution in [0.1, 0.15) is 51.9 Å². The molecule has 2 heterocycles. The number of allylic oxidation sites excluding steroid dienone is 2. The second-order valence-corrected chi connectivity index (χ2v) is 11.7. The van der Waals surface area contributed by atoms with Crippen molar-refractivity contribution in [2.75, 3.05) is 19.6 Å². The fourth-order valence-electron chi connectivity index (χ4n) is 6.03. The predicted octanol–water partition coefficient (Wildman–Crippen LogP) is 3.95. The molecule has 4 aliphatic rings. The Morgan fingerprint density at radius 2 is 1.97 bits per heavy atom. The average Bonchev–Trinajstić information content (AvgIpc) is 3.14. The molecule has 188 valence electrons. The lowest BCUT2D eigenvalue weighted by Crippen LogP contribution is -2.51. The average molecular weight is 498 g/mol. The molecule has 0 bridgehead atoms. The smallest absolute Gasteiger partial charge is 0.307 e. The van der Waals surface area contributed by atoms with Crippen LogP contribution in [0.4, 0.5) is 22.0 Å². The van der Waals surface area contributed by atoms with Gasteiger partial charge in [-0.05, 0) is 63.3 Å². The first-order valence-electron chi connectivity index (χ1n) is 11.7. The summed E-state index contributed by atoms with van der Waals surface area (Å²) in [6.07, 6.45) is -0.766. The molecule has 2 aliphatic heterocycles. The van der Waals surface area contributed by atoms with E-state index in [2.05, 4.69) is 10.2 Å². The van der Waals surface area contributed by atoms with Gasteiger partial charge in [-0.3, -0.25) is 4.90 Å². The quantitative estimate of drug-likeness (QED) is 0.565. The van der Waals surface area contributed by atoms with Gasteiger partial charge in [0.2, 0.25) is 10.0 Å².